The molecule has 0 fully saturated rings. The molecule has 1 heterocycles. The number of fused-ring (bicyclic) bond motifs is 2. The molecule has 67 heavy (non-hydrogen) atoms. The van der Waals surface area contributed by atoms with Gasteiger partial charge in [-0.1, -0.05) is 284 Å². The van der Waals surface area contributed by atoms with Crippen LogP contribution in [0.25, 0.3) is 34.1 Å². The Morgan fingerprint density at radius 1 is 0.388 bits per heavy atom. The van der Waals surface area contributed by atoms with Crippen molar-refractivity contribution in [2.24, 2.45) is 5.92 Å². The molecule has 0 aromatic heterocycles. The third-order valence-corrected chi connectivity index (χ3v) is 9.87. The zero-order chi connectivity index (χ0) is 49.8. The molecule has 2 unspecified atom stereocenters. The molecule has 0 saturated heterocycles. The smallest absolute Gasteiger partial charge is 0.331 e. The molecular weight excluding hydrogens is 813 g/mol. The van der Waals surface area contributed by atoms with Crippen LogP contribution in [0.3, 0.4) is 0 Å². The highest BCUT2D eigenvalue weighted by atomic mass is 16.5. The van der Waals surface area contributed by atoms with Crippen molar-refractivity contribution in [3.8, 4) is 11.1 Å². The van der Waals surface area contributed by atoms with Crippen LogP contribution in [0.4, 0.5) is 0 Å². The molecule has 1 aliphatic heterocycles. The van der Waals surface area contributed by atoms with Crippen LogP contribution in [-0.4, -0.2) is 12.1 Å². The number of carbonyl (C=O) groups excluding carboxylic acids is 1. The number of esters is 1. The van der Waals surface area contributed by atoms with Crippen molar-refractivity contribution < 1.29 is 9.53 Å². The minimum absolute atomic E-state index is 0.0718. The van der Waals surface area contributed by atoms with E-state index in [0.29, 0.717) is 0 Å². The Hall–Kier alpha value is -6.77. The second-order valence-corrected chi connectivity index (χ2v) is 14.9. The standard InChI is InChI=1S/C14H14.C14H12.C12H12.C9H8O2.C8H10.4C2H6/c1-11-3-7-13(8-4-11)14-9-5-12(2)6-10-14;1-3-7-13(8-4-1)11-12-14-9-5-2-6-10-14;1-9-5-3-7-11-8-4-6-10(2)12(9)11;10-9-6-5-7-3-1-2-4-8(7)11-9;1-7-3-5-8(2)6-4-7;4*1-2/h3-10H,1-2H3;1-12H;3-8H,1-2H3;1-8H;3-6H,1-2H3;4*1-2H3. The van der Waals surface area contributed by atoms with Crippen LogP contribution in [0.15, 0.2) is 206 Å². The average Bonchev–Trinajstić information content (AvgIpc) is 3.39. The number of ether oxygens (including phenoxy) is 1. The van der Waals surface area contributed by atoms with E-state index in [1.165, 1.54) is 72.5 Å². The van der Waals surface area contributed by atoms with E-state index in [0.717, 1.165) is 0 Å². The summed E-state index contributed by atoms with van der Waals surface area (Å²) in [4.78, 5) is 10.8. The largest absolute Gasteiger partial charge is 0.454 e. The second-order valence-electron chi connectivity index (χ2n) is 14.9. The Kier molecular flexibility index (Phi) is 30.8. The first-order valence-corrected chi connectivity index (χ1v) is 24.3. The average molecular weight is 893 g/mol. The predicted octanol–water partition coefficient (Wildman–Crippen LogP) is 18.9. The molecule has 7 aromatic rings. The fourth-order valence-corrected chi connectivity index (χ4v) is 6.46. The number of carbonyl (C=O) groups is 1. The Morgan fingerprint density at radius 2 is 0.746 bits per heavy atom. The SMILES string of the molecule is C(=Cc1ccccc1)c1ccccc1.CC.CC.CC.CC.Cc1ccc(-c2ccc(C)cc2)cc1.Cc1ccc(C)cc1.Cc1cccc2cccc(C)c12.O=C1C=CC2C=CC=CC2O1. The zero-order valence-corrected chi connectivity index (χ0v) is 43.3. The van der Waals surface area contributed by atoms with Gasteiger partial charge in [0.05, 0.1) is 0 Å². The molecule has 0 N–H and O–H groups in total. The Morgan fingerprint density at radius 3 is 1.12 bits per heavy atom. The molecule has 352 valence electrons. The number of allylic oxidation sites excluding steroid dienone is 2. The van der Waals surface area contributed by atoms with E-state index in [4.69, 9.17) is 4.74 Å². The van der Waals surface area contributed by atoms with Crippen molar-refractivity contribution in [2.45, 2.75) is 103 Å². The van der Waals surface area contributed by atoms with E-state index in [9.17, 15) is 4.79 Å². The molecule has 1 aliphatic carbocycles. The van der Waals surface area contributed by atoms with Crippen molar-refractivity contribution in [3.63, 3.8) is 0 Å². The molecule has 0 spiro atoms. The maximum absolute atomic E-state index is 10.8. The molecule has 2 atom stereocenters. The number of benzene rings is 7. The normalized spacial score (nSPS) is 13.1. The van der Waals surface area contributed by atoms with Crippen molar-refractivity contribution in [2.75, 3.05) is 0 Å². The van der Waals surface area contributed by atoms with Crippen LogP contribution in [-0.2, 0) is 9.53 Å². The molecule has 2 aliphatic rings. The van der Waals surface area contributed by atoms with Gasteiger partial charge in [0.1, 0.15) is 6.10 Å². The maximum Gasteiger partial charge on any atom is 0.331 e. The number of aryl methyl sites for hydroxylation is 6. The van der Waals surface area contributed by atoms with E-state index in [2.05, 4.69) is 187 Å². The van der Waals surface area contributed by atoms with E-state index in [1.54, 1.807) is 0 Å². The minimum Gasteiger partial charge on any atom is -0.454 e. The van der Waals surface area contributed by atoms with Gasteiger partial charge in [0, 0.05) is 12.0 Å². The molecule has 0 amide bonds. The molecule has 9 rings (SSSR count). The Bertz CT molecular complexity index is 2310. The molecule has 0 radical (unpaired) electrons. The Labute approximate surface area is 407 Å². The van der Waals surface area contributed by atoms with E-state index >= 15 is 0 Å². The zero-order valence-electron chi connectivity index (χ0n) is 43.3. The highest BCUT2D eigenvalue weighted by molar-refractivity contribution is 5.88. The van der Waals surface area contributed by atoms with Crippen LogP contribution in [0.1, 0.15) is 99.9 Å². The lowest BCUT2D eigenvalue weighted by Gasteiger charge is -2.23. The van der Waals surface area contributed by atoms with Crippen LogP contribution in [0.2, 0.25) is 0 Å². The van der Waals surface area contributed by atoms with Crippen LogP contribution in [0.5, 0.6) is 0 Å². The lowest BCUT2D eigenvalue weighted by molar-refractivity contribution is -0.143. The van der Waals surface area contributed by atoms with Gasteiger partial charge >= 0.3 is 5.97 Å². The van der Waals surface area contributed by atoms with Crippen LogP contribution >= 0.6 is 0 Å². The van der Waals surface area contributed by atoms with E-state index in [-0.39, 0.29) is 18.0 Å². The first kappa shape index (κ1) is 58.2. The lowest BCUT2D eigenvalue weighted by atomic mass is 9.95. The third-order valence-electron chi connectivity index (χ3n) is 9.87. The third kappa shape index (κ3) is 22.8. The monoisotopic (exact) mass is 893 g/mol. The molecule has 0 bridgehead atoms. The van der Waals surface area contributed by atoms with E-state index in [1.807, 2.05) is 122 Å². The topological polar surface area (TPSA) is 26.3 Å². The van der Waals surface area contributed by atoms with Crippen LogP contribution < -0.4 is 0 Å². The van der Waals surface area contributed by atoms with Gasteiger partial charge in [0.25, 0.3) is 0 Å². The fourth-order valence-electron chi connectivity index (χ4n) is 6.46. The highest BCUT2D eigenvalue weighted by Crippen LogP contribution is 2.23. The van der Waals surface area contributed by atoms with Crippen molar-refractivity contribution in [1.29, 1.82) is 0 Å². The Balaban J connectivity index is 0.000000407. The van der Waals surface area contributed by atoms with Gasteiger partial charge in [-0.3, -0.25) is 0 Å². The summed E-state index contributed by atoms with van der Waals surface area (Å²) >= 11 is 0. The number of hydrogen-bond donors (Lipinski definition) is 0. The van der Waals surface area contributed by atoms with Gasteiger partial charge in [-0.15, -0.1) is 0 Å². The number of rotatable bonds is 3. The summed E-state index contributed by atoms with van der Waals surface area (Å²) < 4.78 is 5.03. The quantitative estimate of drug-likeness (QED) is 0.130. The van der Waals surface area contributed by atoms with Crippen LogP contribution in [0, 0.1) is 47.5 Å². The van der Waals surface area contributed by atoms with Gasteiger partial charge in [-0.05, 0) is 91.8 Å². The van der Waals surface area contributed by atoms with Gasteiger partial charge in [0.15, 0.2) is 0 Å². The predicted molar refractivity (Wildman–Crippen MR) is 299 cm³/mol. The highest BCUT2D eigenvalue weighted by Gasteiger charge is 2.23. The van der Waals surface area contributed by atoms with E-state index < -0.39 is 0 Å². The van der Waals surface area contributed by atoms with Gasteiger partial charge < -0.3 is 4.74 Å². The maximum atomic E-state index is 10.8. The summed E-state index contributed by atoms with van der Waals surface area (Å²) in [5, 5.41) is 2.75. The summed E-state index contributed by atoms with van der Waals surface area (Å²) in [5.74, 6) is 0.00361. The second kappa shape index (κ2) is 35.5. The van der Waals surface area contributed by atoms with Crippen molar-refractivity contribution in [3.05, 3.63) is 251 Å². The van der Waals surface area contributed by atoms with Crippen molar-refractivity contribution in [1.82, 2.24) is 0 Å². The van der Waals surface area contributed by atoms with Gasteiger partial charge in [-0.25, -0.2) is 4.79 Å². The molecule has 2 nitrogen and oxygen atoms in total. The van der Waals surface area contributed by atoms with Gasteiger partial charge in [-0.2, -0.15) is 0 Å². The number of hydrogen-bond acceptors (Lipinski definition) is 2. The summed E-state index contributed by atoms with van der Waals surface area (Å²) in [5.41, 5.74) is 13.0. The molecule has 2 heteroatoms. The summed E-state index contributed by atoms with van der Waals surface area (Å²) in [6, 6.07) is 59.2. The first-order chi connectivity index (χ1) is 32.6. The summed E-state index contributed by atoms with van der Waals surface area (Å²) in [6.07, 6.45) is 15.3. The first-order valence-electron chi connectivity index (χ1n) is 24.3. The van der Waals surface area contributed by atoms with Gasteiger partial charge in [0.2, 0.25) is 0 Å². The minimum atomic E-state index is -0.244. The lowest BCUT2D eigenvalue weighted by Crippen LogP contribution is -2.26. The molecule has 0 saturated carbocycles. The molecular formula is C65H80O2. The fraction of sp³-hybridized carbons (Fsp3) is 0.246. The summed E-state index contributed by atoms with van der Waals surface area (Å²) in [6.45, 7) is 28.7. The molecule has 7 aromatic carbocycles. The summed E-state index contributed by atoms with van der Waals surface area (Å²) in [7, 11) is 0. The van der Waals surface area contributed by atoms with Crippen molar-refractivity contribution >= 4 is 28.9 Å².